The Labute approximate surface area is 179 Å². The largest absolute Gasteiger partial charge is 0.466 e. The van der Waals surface area contributed by atoms with Gasteiger partial charge in [-0.3, -0.25) is 4.79 Å². The summed E-state index contributed by atoms with van der Waals surface area (Å²) in [6, 6.07) is 11.0. The van der Waals surface area contributed by atoms with Crippen molar-refractivity contribution in [2.75, 3.05) is 6.61 Å². The molecule has 0 spiro atoms. The SMILES string of the molecule is CCOC(=O)[C@H]1[C@@H]2CC[C@@H](O[Si](C)(C)C(C)(C)C)[C@@H]([Si](C)(C)c3ccccc3)[C@@H]21. The Hall–Kier alpha value is -0.916. The molecule has 29 heavy (non-hydrogen) atoms. The van der Waals surface area contributed by atoms with E-state index >= 15 is 0 Å². The summed E-state index contributed by atoms with van der Waals surface area (Å²) in [5.41, 5.74) is 0.465. The first-order valence-corrected chi connectivity index (χ1v) is 17.3. The summed E-state index contributed by atoms with van der Waals surface area (Å²) in [6.07, 6.45) is 2.44. The molecule has 5 heteroatoms. The highest BCUT2D eigenvalue weighted by Gasteiger charge is 2.66. The van der Waals surface area contributed by atoms with E-state index in [9.17, 15) is 4.79 Å². The van der Waals surface area contributed by atoms with Gasteiger partial charge in [0.25, 0.3) is 0 Å². The number of carbonyl (C=O) groups is 1. The molecule has 0 bridgehead atoms. The molecule has 0 N–H and O–H groups in total. The number of fused-ring (bicyclic) bond motifs is 1. The number of ether oxygens (including phenoxy) is 1. The predicted molar refractivity (Wildman–Crippen MR) is 126 cm³/mol. The minimum absolute atomic E-state index is 0.0262. The van der Waals surface area contributed by atoms with Crippen LogP contribution in [0.15, 0.2) is 30.3 Å². The number of rotatable bonds is 6. The summed E-state index contributed by atoms with van der Waals surface area (Å²) in [4.78, 5) is 12.7. The Bertz CT molecular complexity index is 723. The van der Waals surface area contributed by atoms with Gasteiger partial charge in [-0.05, 0) is 55.3 Å². The van der Waals surface area contributed by atoms with Crippen LogP contribution in [0.3, 0.4) is 0 Å². The maximum absolute atomic E-state index is 12.7. The number of carbonyl (C=O) groups excluding carboxylic acids is 1. The quantitative estimate of drug-likeness (QED) is 0.435. The first-order valence-electron chi connectivity index (χ1n) is 11.3. The molecule has 2 aliphatic rings. The van der Waals surface area contributed by atoms with Gasteiger partial charge in [-0.25, -0.2) is 0 Å². The molecule has 0 amide bonds. The zero-order chi connectivity index (χ0) is 21.6. The van der Waals surface area contributed by atoms with E-state index in [1.165, 1.54) is 5.19 Å². The minimum atomic E-state index is -1.88. The van der Waals surface area contributed by atoms with Crippen LogP contribution in [0.4, 0.5) is 0 Å². The maximum atomic E-state index is 12.7. The molecular formula is C24H40O3Si2. The minimum Gasteiger partial charge on any atom is -0.466 e. The average Bonchev–Trinajstić information content (AvgIpc) is 3.35. The standard InChI is InChI=1S/C24H40O3Si2/c1-9-26-23(25)21-18-15-16-19(27-29(7,8)24(2,3)4)22(20(18)21)28(5,6)17-13-11-10-12-14-17/h10-14,18-22H,9,15-16H2,1-8H3/t18-,19-,20+,21+,22-/m1/s1. The molecule has 0 aromatic heterocycles. The zero-order valence-electron chi connectivity index (χ0n) is 19.6. The molecule has 1 aromatic rings. The molecule has 0 unspecified atom stereocenters. The highest BCUT2D eigenvalue weighted by Crippen LogP contribution is 2.64. The molecule has 0 aliphatic heterocycles. The number of hydrogen-bond donors (Lipinski definition) is 0. The third-order valence-corrected chi connectivity index (χ3v) is 16.7. The van der Waals surface area contributed by atoms with Crippen molar-refractivity contribution in [3.8, 4) is 0 Å². The van der Waals surface area contributed by atoms with E-state index < -0.39 is 16.4 Å². The first-order chi connectivity index (χ1) is 13.4. The van der Waals surface area contributed by atoms with Crippen molar-refractivity contribution in [1.82, 2.24) is 0 Å². The lowest BCUT2D eigenvalue weighted by Gasteiger charge is -2.47. The van der Waals surface area contributed by atoms with Crippen LogP contribution < -0.4 is 5.19 Å². The van der Waals surface area contributed by atoms with Crippen molar-refractivity contribution >= 4 is 27.5 Å². The van der Waals surface area contributed by atoms with Crippen LogP contribution in [-0.2, 0) is 14.0 Å². The van der Waals surface area contributed by atoms with Crippen molar-refractivity contribution in [2.24, 2.45) is 17.8 Å². The molecular weight excluding hydrogens is 392 g/mol. The molecule has 2 aliphatic carbocycles. The fraction of sp³-hybridized carbons (Fsp3) is 0.708. The van der Waals surface area contributed by atoms with Gasteiger partial charge in [-0.15, -0.1) is 0 Å². The molecule has 2 saturated carbocycles. The van der Waals surface area contributed by atoms with Gasteiger partial charge in [0.2, 0.25) is 0 Å². The second kappa shape index (κ2) is 7.97. The lowest BCUT2D eigenvalue weighted by atomic mass is 9.97. The third kappa shape index (κ3) is 4.28. The van der Waals surface area contributed by atoms with E-state index in [0.29, 0.717) is 24.0 Å². The molecule has 5 atom stereocenters. The summed E-state index contributed by atoms with van der Waals surface area (Å²) < 4.78 is 12.5. The van der Waals surface area contributed by atoms with Crippen LogP contribution >= 0.6 is 0 Å². The van der Waals surface area contributed by atoms with Crippen LogP contribution in [0.1, 0.15) is 40.5 Å². The number of hydrogen-bond acceptors (Lipinski definition) is 3. The molecule has 1 aromatic carbocycles. The van der Waals surface area contributed by atoms with E-state index in [4.69, 9.17) is 9.16 Å². The Morgan fingerprint density at radius 2 is 1.69 bits per heavy atom. The summed E-state index contributed by atoms with van der Waals surface area (Å²) >= 11 is 0. The zero-order valence-corrected chi connectivity index (χ0v) is 21.6. The third-order valence-electron chi connectivity index (χ3n) is 7.99. The molecule has 2 fully saturated rings. The molecule has 3 nitrogen and oxygen atoms in total. The molecule has 0 radical (unpaired) electrons. The average molecular weight is 433 g/mol. The lowest BCUT2D eigenvalue weighted by molar-refractivity contribution is -0.145. The summed E-state index contributed by atoms with van der Waals surface area (Å²) in [7, 11) is -3.73. The second-order valence-corrected chi connectivity index (χ2v) is 20.6. The second-order valence-electron chi connectivity index (χ2n) is 11.1. The summed E-state index contributed by atoms with van der Waals surface area (Å²) in [6.45, 7) is 19.0. The van der Waals surface area contributed by atoms with Gasteiger partial charge in [0.15, 0.2) is 8.32 Å². The smallest absolute Gasteiger partial charge is 0.309 e. The Kier molecular flexibility index (Phi) is 6.26. The summed E-state index contributed by atoms with van der Waals surface area (Å²) in [5, 5.41) is 1.67. The summed E-state index contributed by atoms with van der Waals surface area (Å²) in [5.74, 6) is 1.04. The normalized spacial score (nSPS) is 29.9. The van der Waals surface area contributed by atoms with Crippen molar-refractivity contribution in [3.05, 3.63) is 30.3 Å². The Morgan fingerprint density at radius 1 is 1.07 bits per heavy atom. The molecule has 0 saturated heterocycles. The molecule has 0 heterocycles. The van der Waals surface area contributed by atoms with E-state index in [-0.39, 0.29) is 23.0 Å². The molecule has 162 valence electrons. The fourth-order valence-electron chi connectivity index (χ4n) is 5.31. The Morgan fingerprint density at radius 3 is 2.24 bits per heavy atom. The van der Waals surface area contributed by atoms with Crippen molar-refractivity contribution in [1.29, 1.82) is 0 Å². The topological polar surface area (TPSA) is 35.5 Å². The van der Waals surface area contributed by atoms with Gasteiger partial charge in [-0.2, -0.15) is 0 Å². The van der Waals surface area contributed by atoms with Gasteiger partial charge in [0.05, 0.1) is 20.6 Å². The van der Waals surface area contributed by atoms with E-state index in [0.717, 1.165) is 12.8 Å². The fourth-order valence-corrected chi connectivity index (χ4v) is 10.8. The highest BCUT2D eigenvalue weighted by atomic mass is 28.4. The van der Waals surface area contributed by atoms with Crippen LogP contribution in [0.5, 0.6) is 0 Å². The van der Waals surface area contributed by atoms with E-state index in [2.05, 4.69) is 77.3 Å². The van der Waals surface area contributed by atoms with Gasteiger partial charge < -0.3 is 9.16 Å². The van der Waals surface area contributed by atoms with Gasteiger partial charge >= 0.3 is 5.97 Å². The van der Waals surface area contributed by atoms with Gasteiger partial charge in [0.1, 0.15) is 0 Å². The predicted octanol–water partition coefficient (Wildman–Crippen LogP) is 5.58. The highest BCUT2D eigenvalue weighted by molar-refractivity contribution is 6.91. The van der Waals surface area contributed by atoms with E-state index in [1.54, 1.807) is 0 Å². The van der Waals surface area contributed by atoms with Crippen molar-refractivity contribution in [3.63, 3.8) is 0 Å². The van der Waals surface area contributed by atoms with Crippen LogP contribution in [0, 0.1) is 17.8 Å². The van der Waals surface area contributed by atoms with Crippen LogP contribution in [-0.4, -0.2) is 35.1 Å². The van der Waals surface area contributed by atoms with Gasteiger partial charge in [0, 0.05) is 6.10 Å². The number of esters is 1. The van der Waals surface area contributed by atoms with Crippen LogP contribution in [0.2, 0.25) is 36.8 Å². The monoisotopic (exact) mass is 432 g/mol. The van der Waals surface area contributed by atoms with Crippen LogP contribution in [0.25, 0.3) is 0 Å². The number of benzene rings is 1. The molecule has 3 rings (SSSR count). The van der Waals surface area contributed by atoms with E-state index in [1.807, 2.05) is 6.92 Å². The lowest BCUT2D eigenvalue weighted by Crippen LogP contribution is -2.55. The van der Waals surface area contributed by atoms with Gasteiger partial charge in [-0.1, -0.05) is 69.4 Å². The van der Waals surface area contributed by atoms with Crippen molar-refractivity contribution < 1.29 is 14.0 Å². The maximum Gasteiger partial charge on any atom is 0.309 e. The van der Waals surface area contributed by atoms with Crippen molar-refractivity contribution in [2.45, 2.75) is 83.4 Å². The Balaban J connectivity index is 1.95. The first kappa shape index (κ1) is 22.8.